The van der Waals surface area contributed by atoms with Crippen LogP contribution in [-0.2, 0) is 0 Å². The van der Waals surface area contributed by atoms with Crippen molar-refractivity contribution in [2.75, 3.05) is 6.54 Å². The molecular formula is C11H16ClNS. The van der Waals surface area contributed by atoms with Gasteiger partial charge in [0.05, 0.1) is 0 Å². The smallest absolute Gasteiger partial charge is 0.0422 e. The Bertz CT molecular complexity index is 288. The lowest BCUT2D eigenvalue weighted by Crippen LogP contribution is -2.11. The third kappa shape index (κ3) is 3.52. The van der Waals surface area contributed by atoms with Gasteiger partial charge in [0.15, 0.2) is 0 Å². The van der Waals surface area contributed by atoms with Crippen LogP contribution in [0.15, 0.2) is 24.3 Å². The molecule has 1 nitrogen and oxygen atoms in total. The van der Waals surface area contributed by atoms with Crippen molar-refractivity contribution in [2.45, 2.75) is 24.3 Å². The van der Waals surface area contributed by atoms with E-state index in [2.05, 4.69) is 19.9 Å². The Hall–Kier alpha value is -0.180. The van der Waals surface area contributed by atoms with E-state index in [1.54, 1.807) is 0 Å². The van der Waals surface area contributed by atoms with E-state index in [0.717, 1.165) is 5.02 Å². The van der Waals surface area contributed by atoms with Gasteiger partial charge in [-0.15, -0.1) is 11.8 Å². The van der Waals surface area contributed by atoms with Crippen LogP contribution in [0.25, 0.3) is 0 Å². The Labute approximate surface area is 95.0 Å². The van der Waals surface area contributed by atoms with Crippen molar-refractivity contribution in [3.63, 3.8) is 0 Å². The van der Waals surface area contributed by atoms with Crippen LogP contribution in [0.2, 0.25) is 5.02 Å². The quantitative estimate of drug-likeness (QED) is 0.856. The average molecular weight is 230 g/mol. The van der Waals surface area contributed by atoms with Crippen LogP contribution in [0.3, 0.4) is 0 Å². The molecule has 0 heterocycles. The SMILES string of the molecule is CC(C)S[C@@H](CN)c1cccc(Cl)c1. The summed E-state index contributed by atoms with van der Waals surface area (Å²) in [5.41, 5.74) is 6.96. The molecule has 2 N–H and O–H groups in total. The maximum absolute atomic E-state index is 5.93. The molecule has 3 heteroatoms. The molecule has 0 spiro atoms. The molecule has 0 aliphatic carbocycles. The maximum atomic E-state index is 5.93. The molecule has 0 bridgehead atoms. The second kappa shape index (κ2) is 5.64. The lowest BCUT2D eigenvalue weighted by molar-refractivity contribution is 0.928. The zero-order valence-electron chi connectivity index (χ0n) is 8.53. The molecule has 0 aromatic heterocycles. The van der Waals surface area contributed by atoms with Gasteiger partial charge in [-0.2, -0.15) is 0 Å². The van der Waals surface area contributed by atoms with Crippen LogP contribution < -0.4 is 5.73 Å². The molecule has 0 saturated heterocycles. The molecule has 78 valence electrons. The summed E-state index contributed by atoms with van der Waals surface area (Å²) in [4.78, 5) is 0. The average Bonchev–Trinajstić information content (AvgIpc) is 2.14. The number of hydrogen-bond donors (Lipinski definition) is 1. The zero-order chi connectivity index (χ0) is 10.6. The fourth-order valence-electron chi connectivity index (χ4n) is 1.31. The summed E-state index contributed by atoms with van der Waals surface area (Å²) in [6.07, 6.45) is 0. The Balaban J connectivity index is 2.78. The summed E-state index contributed by atoms with van der Waals surface area (Å²) < 4.78 is 0. The van der Waals surface area contributed by atoms with E-state index in [0.29, 0.717) is 17.0 Å². The molecule has 0 aliphatic rings. The Morgan fingerprint density at radius 2 is 2.14 bits per heavy atom. The fraction of sp³-hybridized carbons (Fsp3) is 0.455. The minimum Gasteiger partial charge on any atom is -0.329 e. The minimum absolute atomic E-state index is 0.355. The van der Waals surface area contributed by atoms with Gasteiger partial charge >= 0.3 is 0 Å². The number of thioether (sulfide) groups is 1. The molecule has 0 saturated carbocycles. The second-order valence-corrected chi connectivity index (χ2v) is 5.68. The number of nitrogens with two attached hydrogens (primary N) is 1. The number of benzene rings is 1. The highest BCUT2D eigenvalue weighted by atomic mass is 35.5. The van der Waals surface area contributed by atoms with Crippen molar-refractivity contribution in [1.29, 1.82) is 0 Å². The van der Waals surface area contributed by atoms with Crippen molar-refractivity contribution < 1.29 is 0 Å². The predicted octanol–water partition coefficient (Wildman–Crippen LogP) is 3.48. The standard InChI is InChI=1S/C11H16ClNS/c1-8(2)14-11(7-13)9-4-3-5-10(12)6-9/h3-6,8,11H,7,13H2,1-2H3/t11-/m0/s1. The highest BCUT2D eigenvalue weighted by molar-refractivity contribution is 8.00. The van der Waals surface area contributed by atoms with Crippen LogP contribution in [0.5, 0.6) is 0 Å². The predicted molar refractivity (Wildman–Crippen MR) is 66.0 cm³/mol. The third-order valence-corrected chi connectivity index (χ3v) is 3.44. The summed E-state index contributed by atoms with van der Waals surface area (Å²) in [5.74, 6) is 0. The first-order valence-corrected chi connectivity index (χ1v) is 6.06. The Morgan fingerprint density at radius 1 is 1.43 bits per heavy atom. The van der Waals surface area contributed by atoms with Gasteiger partial charge in [-0.05, 0) is 22.9 Å². The van der Waals surface area contributed by atoms with E-state index in [1.807, 2.05) is 30.0 Å². The molecule has 14 heavy (non-hydrogen) atoms. The molecule has 0 aliphatic heterocycles. The largest absolute Gasteiger partial charge is 0.329 e. The molecule has 1 aromatic carbocycles. The number of halogens is 1. The summed E-state index contributed by atoms with van der Waals surface area (Å²) in [5, 5.41) is 1.72. The number of rotatable bonds is 4. The first kappa shape index (κ1) is 11.9. The highest BCUT2D eigenvalue weighted by Crippen LogP contribution is 2.32. The van der Waals surface area contributed by atoms with Crippen LogP contribution in [0, 0.1) is 0 Å². The van der Waals surface area contributed by atoms with Gasteiger partial charge in [-0.25, -0.2) is 0 Å². The summed E-state index contributed by atoms with van der Waals surface area (Å²) in [6, 6.07) is 7.94. The van der Waals surface area contributed by atoms with Gasteiger partial charge in [0.25, 0.3) is 0 Å². The van der Waals surface area contributed by atoms with E-state index in [9.17, 15) is 0 Å². The van der Waals surface area contributed by atoms with Gasteiger partial charge in [-0.1, -0.05) is 37.6 Å². The first-order chi connectivity index (χ1) is 6.63. The van der Waals surface area contributed by atoms with Crippen LogP contribution >= 0.6 is 23.4 Å². The van der Waals surface area contributed by atoms with Gasteiger partial charge in [0.1, 0.15) is 0 Å². The monoisotopic (exact) mass is 229 g/mol. The first-order valence-electron chi connectivity index (χ1n) is 4.74. The Kier molecular flexibility index (Phi) is 4.79. The van der Waals surface area contributed by atoms with E-state index in [4.69, 9.17) is 17.3 Å². The van der Waals surface area contributed by atoms with E-state index in [1.165, 1.54) is 5.56 Å². The van der Waals surface area contributed by atoms with Crippen LogP contribution in [0.4, 0.5) is 0 Å². The topological polar surface area (TPSA) is 26.0 Å². The van der Waals surface area contributed by atoms with Gasteiger partial charge in [0, 0.05) is 16.8 Å². The van der Waals surface area contributed by atoms with Crippen molar-refractivity contribution >= 4 is 23.4 Å². The van der Waals surface area contributed by atoms with Crippen molar-refractivity contribution in [3.8, 4) is 0 Å². The zero-order valence-corrected chi connectivity index (χ0v) is 10.1. The molecule has 0 unspecified atom stereocenters. The summed E-state index contributed by atoms with van der Waals surface area (Å²) >= 11 is 7.81. The van der Waals surface area contributed by atoms with Crippen molar-refractivity contribution in [3.05, 3.63) is 34.9 Å². The molecule has 0 amide bonds. The maximum Gasteiger partial charge on any atom is 0.0422 e. The van der Waals surface area contributed by atoms with Gasteiger partial charge in [0.2, 0.25) is 0 Å². The van der Waals surface area contributed by atoms with Gasteiger partial charge < -0.3 is 5.73 Å². The fourth-order valence-corrected chi connectivity index (χ4v) is 2.58. The highest BCUT2D eigenvalue weighted by Gasteiger charge is 2.11. The molecule has 1 aromatic rings. The number of hydrogen-bond acceptors (Lipinski definition) is 2. The third-order valence-electron chi connectivity index (χ3n) is 1.87. The minimum atomic E-state index is 0.355. The lowest BCUT2D eigenvalue weighted by Gasteiger charge is -2.17. The molecule has 0 fully saturated rings. The van der Waals surface area contributed by atoms with Crippen LogP contribution in [0.1, 0.15) is 24.7 Å². The van der Waals surface area contributed by atoms with E-state index >= 15 is 0 Å². The lowest BCUT2D eigenvalue weighted by atomic mass is 10.1. The Morgan fingerprint density at radius 3 is 2.64 bits per heavy atom. The summed E-state index contributed by atoms with van der Waals surface area (Å²) in [7, 11) is 0. The van der Waals surface area contributed by atoms with E-state index in [-0.39, 0.29) is 0 Å². The van der Waals surface area contributed by atoms with Crippen molar-refractivity contribution in [2.24, 2.45) is 5.73 Å². The van der Waals surface area contributed by atoms with Gasteiger partial charge in [-0.3, -0.25) is 0 Å². The molecule has 1 atom stereocenters. The normalized spacial score (nSPS) is 13.2. The van der Waals surface area contributed by atoms with Crippen molar-refractivity contribution in [1.82, 2.24) is 0 Å². The second-order valence-electron chi connectivity index (χ2n) is 3.46. The molecule has 1 rings (SSSR count). The molecular weight excluding hydrogens is 214 g/mol. The molecule has 0 radical (unpaired) electrons. The summed E-state index contributed by atoms with van der Waals surface area (Å²) in [6.45, 7) is 5.01. The van der Waals surface area contributed by atoms with E-state index < -0.39 is 0 Å². The van der Waals surface area contributed by atoms with Crippen LogP contribution in [-0.4, -0.2) is 11.8 Å².